The monoisotopic (exact) mass is 414 g/mol. The van der Waals surface area contributed by atoms with E-state index in [0.29, 0.717) is 3.82 Å². The molecule has 9 heteroatoms. The SMILES string of the molecule is Cn1ncc(=S(=O)(O)C(Br)(Br)Br)s1. The summed E-state index contributed by atoms with van der Waals surface area (Å²) in [6.45, 7) is 0. The Morgan fingerprint density at radius 2 is 2.23 bits per heavy atom. The van der Waals surface area contributed by atoms with Gasteiger partial charge in [-0.2, -0.15) is 5.10 Å². The van der Waals surface area contributed by atoms with Gasteiger partial charge in [-0.3, -0.25) is 0 Å². The fraction of sp³-hybridized carbons (Fsp3) is 0.500. The van der Waals surface area contributed by atoms with E-state index in [-0.39, 0.29) is 0 Å². The number of hydrogen-bond acceptors (Lipinski definition) is 3. The Kier molecular flexibility index (Phi) is 3.69. The van der Waals surface area contributed by atoms with Crippen LogP contribution in [-0.4, -0.2) is 19.4 Å². The minimum Gasteiger partial charge on any atom is -0.310 e. The number of nitrogens with zero attached hydrogens (tertiary/aromatic N) is 2. The fourth-order valence-electron chi connectivity index (χ4n) is 0.542. The number of aromatic nitrogens is 2. The molecule has 0 radical (unpaired) electrons. The Morgan fingerprint density at radius 3 is 2.54 bits per heavy atom. The molecule has 0 aromatic carbocycles. The molecular formula is C4H5Br3N2O2S2. The molecule has 4 nitrogen and oxygen atoms in total. The molecule has 1 rings (SSSR count). The van der Waals surface area contributed by atoms with Crippen LogP contribution in [0.2, 0.25) is 0 Å². The first-order chi connectivity index (χ1) is 5.75. The van der Waals surface area contributed by atoms with Crippen LogP contribution >= 0.6 is 59.3 Å². The van der Waals surface area contributed by atoms with E-state index in [1.807, 2.05) is 0 Å². The summed E-state index contributed by atoms with van der Waals surface area (Å²) in [5.41, 5.74) is 0. The zero-order valence-corrected chi connectivity index (χ0v) is 12.7. The summed E-state index contributed by atoms with van der Waals surface area (Å²) in [4.78, 5) is 0. The summed E-state index contributed by atoms with van der Waals surface area (Å²) in [7, 11) is -1.52. The molecule has 1 atom stereocenters. The molecule has 0 amide bonds. The number of aryl methyl sites for hydroxylation is 1. The predicted molar refractivity (Wildman–Crippen MR) is 64.6 cm³/mol. The highest BCUT2D eigenvalue weighted by atomic mass is 80.0. The maximum absolute atomic E-state index is 11.8. The van der Waals surface area contributed by atoms with Gasteiger partial charge in [0.1, 0.15) is 13.6 Å². The quantitative estimate of drug-likeness (QED) is 0.522. The molecule has 0 spiro atoms. The maximum atomic E-state index is 11.8. The summed E-state index contributed by atoms with van der Waals surface area (Å²) >= 11 is 10.2. The third-order valence-electron chi connectivity index (χ3n) is 1.13. The first kappa shape index (κ1) is 12.2. The van der Waals surface area contributed by atoms with Gasteiger partial charge in [0.15, 0.2) is 0 Å². The average Bonchev–Trinajstić information content (AvgIpc) is 2.33. The molecule has 1 heterocycles. The van der Waals surface area contributed by atoms with Gasteiger partial charge in [0.05, 0.1) is 6.20 Å². The van der Waals surface area contributed by atoms with Crippen LogP contribution in [-0.2, 0) is 16.9 Å². The van der Waals surface area contributed by atoms with E-state index in [1.165, 1.54) is 10.3 Å². The Bertz CT molecular complexity index is 450. The van der Waals surface area contributed by atoms with Gasteiger partial charge >= 0.3 is 0 Å². The number of rotatable bonds is 0. The molecule has 1 unspecified atom stereocenters. The van der Waals surface area contributed by atoms with E-state index >= 15 is 0 Å². The summed E-state index contributed by atoms with van der Waals surface area (Å²) in [5.74, 6) is 0. The second-order valence-electron chi connectivity index (χ2n) is 2.09. The lowest BCUT2D eigenvalue weighted by Crippen LogP contribution is -2.16. The van der Waals surface area contributed by atoms with Crippen LogP contribution in [0.4, 0.5) is 0 Å². The van der Waals surface area contributed by atoms with Crippen molar-refractivity contribution in [1.82, 2.24) is 9.17 Å². The zero-order valence-electron chi connectivity index (χ0n) is 6.28. The Morgan fingerprint density at radius 1 is 1.69 bits per heavy atom. The topological polar surface area (TPSA) is 55.1 Å². The van der Waals surface area contributed by atoms with Crippen molar-refractivity contribution in [3.63, 3.8) is 0 Å². The summed E-state index contributed by atoms with van der Waals surface area (Å²) in [5, 5.41) is 3.83. The smallest absolute Gasteiger partial charge is 0.226 e. The third-order valence-corrected chi connectivity index (χ3v) is 7.91. The molecule has 0 bridgehead atoms. The van der Waals surface area contributed by atoms with Crippen molar-refractivity contribution < 1.29 is 8.76 Å². The average molecular weight is 417 g/mol. The van der Waals surface area contributed by atoms with Crippen molar-refractivity contribution in [3.8, 4) is 0 Å². The van der Waals surface area contributed by atoms with Crippen molar-refractivity contribution in [3.05, 3.63) is 10.0 Å². The summed E-state index contributed by atoms with van der Waals surface area (Å²) in [6.07, 6.45) is 1.37. The number of hydrogen-bond donors (Lipinski definition) is 1. The van der Waals surface area contributed by atoms with Crippen LogP contribution in [0.1, 0.15) is 0 Å². The summed E-state index contributed by atoms with van der Waals surface area (Å²) in [6, 6.07) is 0. The van der Waals surface area contributed by atoms with Gasteiger partial charge in [0, 0.05) is 7.05 Å². The lowest BCUT2D eigenvalue weighted by molar-refractivity contribution is 0.559. The van der Waals surface area contributed by atoms with Gasteiger partial charge in [-0.15, -0.1) is 0 Å². The molecule has 1 N–H and O–H groups in total. The van der Waals surface area contributed by atoms with Crippen LogP contribution < -0.4 is 0 Å². The highest BCUT2D eigenvalue weighted by Gasteiger charge is 2.31. The minimum absolute atomic E-state index is 0.292. The van der Waals surface area contributed by atoms with E-state index in [0.717, 1.165) is 11.5 Å². The van der Waals surface area contributed by atoms with E-state index in [2.05, 4.69) is 52.9 Å². The molecule has 76 valence electrons. The number of halogens is 3. The normalized spacial score (nSPS) is 17.0. The Balaban J connectivity index is 3.61. The van der Waals surface area contributed by atoms with Gasteiger partial charge in [-0.1, -0.05) is 0 Å². The molecule has 0 saturated carbocycles. The first-order valence-electron chi connectivity index (χ1n) is 2.91. The molecular weight excluding hydrogens is 412 g/mol. The van der Waals surface area contributed by atoms with E-state index in [9.17, 15) is 8.76 Å². The van der Waals surface area contributed by atoms with Crippen molar-refractivity contribution in [2.45, 2.75) is 1.47 Å². The van der Waals surface area contributed by atoms with E-state index < -0.39 is 11.3 Å². The minimum atomic E-state index is -3.22. The van der Waals surface area contributed by atoms with Crippen molar-refractivity contribution in [2.75, 3.05) is 0 Å². The van der Waals surface area contributed by atoms with Crippen LogP contribution in [0.15, 0.2) is 6.20 Å². The Labute approximate surface area is 105 Å². The van der Waals surface area contributed by atoms with Gasteiger partial charge in [0.25, 0.3) is 0 Å². The third kappa shape index (κ3) is 2.57. The number of alkyl halides is 3. The lowest BCUT2D eigenvalue weighted by Gasteiger charge is -2.12. The first-order valence-corrected chi connectivity index (χ1v) is 7.57. The molecule has 1 aromatic rings. The van der Waals surface area contributed by atoms with Crippen LogP contribution in [0.3, 0.4) is 0 Å². The van der Waals surface area contributed by atoms with Crippen molar-refractivity contribution in [1.29, 1.82) is 0 Å². The second-order valence-corrected chi connectivity index (χ2v) is 13.9. The van der Waals surface area contributed by atoms with Crippen LogP contribution in [0.25, 0.3) is 0 Å². The highest BCUT2D eigenvalue weighted by molar-refractivity contribution is 9.42. The van der Waals surface area contributed by atoms with Crippen LogP contribution in [0, 0.1) is 3.82 Å². The highest BCUT2D eigenvalue weighted by Crippen LogP contribution is 2.40. The molecule has 13 heavy (non-hydrogen) atoms. The van der Waals surface area contributed by atoms with E-state index in [1.54, 1.807) is 7.05 Å². The molecule has 0 aliphatic rings. The van der Waals surface area contributed by atoms with Crippen molar-refractivity contribution in [2.24, 2.45) is 7.05 Å². The second kappa shape index (κ2) is 3.93. The van der Waals surface area contributed by atoms with Crippen molar-refractivity contribution >= 4 is 69.1 Å². The van der Waals surface area contributed by atoms with Crippen LogP contribution in [0.5, 0.6) is 0 Å². The molecule has 0 aliphatic carbocycles. The predicted octanol–water partition coefficient (Wildman–Crippen LogP) is 2.57. The Hall–Kier alpha value is 1.11. The fourth-order valence-corrected chi connectivity index (χ4v) is 5.05. The zero-order chi connectivity index (χ0) is 10.3. The molecule has 0 saturated heterocycles. The summed E-state index contributed by atoms with van der Waals surface area (Å²) < 4.78 is 22.1. The standard InChI is InChI=1S/C4H5Br3N2O2S2/c1-9-8-2-3(12-9)13(10,11)4(5,6)7/h2H,1H3,(H,10,11). The molecule has 0 aliphatic heterocycles. The van der Waals surface area contributed by atoms with Gasteiger partial charge < -0.3 is 4.55 Å². The van der Waals surface area contributed by atoms with Gasteiger partial charge in [-0.25, -0.2) is 8.28 Å². The maximum Gasteiger partial charge on any atom is 0.226 e. The van der Waals surface area contributed by atoms with Gasteiger partial charge in [0.2, 0.25) is 1.47 Å². The van der Waals surface area contributed by atoms with E-state index in [4.69, 9.17) is 0 Å². The molecule has 1 aromatic heterocycles. The lowest BCUT2D eigenvalue weighted by atomic mass is 11.0. The van der Waals surface area contributed by atoms with Gasteiger partial charge in [-0.05, 0) is 59.3 Å². The largest absolute Gasteiger partial charge is 0.310 e. The molecule has 0 fully saturated rings.